The molecule has 2 aliphatic rings. The Morgan fingerprint density at radius 3 is 2.50 bits per heavy atom. The van der Waals surface area contributed by atoms with Gasteiger partial charge in [-0.3, -0.25) is 9.47 Å². The number of aromatic nitrogens is 6. The Labute approximate surface area is 233 Å². The van der Waals surface area contributed by atoms with Crippen LogP contribution in [0.15, 0.2) is 36.9 Å². The van der Waals surface area contributed by atoms with Crippen molar-refractivity contribution in [2.24, 2.45) is 13.0 Å². The van der Waals surface area contributed by atoms with Gasteiger partial charge < -0.3 is 24.4 Å². The summed E-state index contributed by atoms with van der Waals surface area (Å²) in [5, 5.41) is 21.3. The van der Waals surface area contributed by atoms with Crippen LogP contribution in [-0.2, 0) is 18.3 Å². The first kappa shape index (κ1) is 26.8. The van der Waals surface area contributed by atoms with Crippen LogP contribution in [0.5, 0.6) is 0 Å². The number of aliphatic hydroxyl groups excluding tert-OH is 1. The first-order valence-corrected chi connectivity index (χ1v) is 14.0. The first-order valence-electron chi connectivity index (χ1n) is 14.0. The summed E-state index contributed by atoms with van der Waals surface area (Å²) < 4.78 is 9.50. The summed E-state index contributed by atoms with van der Waals surface area (Å²) in [5.74, 6) is 2.82. The van der Waals surface area contributed by atoms with Gasteiger partial charge in [-0.05, 0) is 57.8 Å². The van der Waals surface area contributed by atoms with Gasteiger partial charge in [-0.1, -0.05) is 18.2 Å². The van der Waals surface area contributed by atoms with Crippen molar-refractivity contribution in [2.75, 3.05) is 44.3 Å². The van der Waals surface area contributed by atoms with Crippen molar-refractivity contribution in [1.82, 2.24) is 34.0 Å². The summed E-state index contributed by atoms with van der Waals surface area (Å²) in [7, 11) is 2.00. The molecule has 6 rings (SSSR count). The molecule has 0 amide bonds. The molecule has 11 heteroatoms. The number of likely N-dealkylation sites (tertiary alicyclic amines) is 1. The minimum atomic E-state index is -0.979. The average molecular weight is 547 g/mol. The van der Waals surface area contributed by atoms with Crippen molar-refractivity contribution in [3.05, 3.63) is 48.6 Å². The van der Waals surface area contributed by atoms with Crippen LogP contribution in [0.3, 0.4) is 0 Å². The Morgan fingerprint density at radius 2 is 1.80 bits per heavy atom. The van der Waals surface area contributed by atoms with Crippen LogP contribution in [0.2, 0.25) is 0 Å². The van der Waals surface area contributed by atoms with E-state index in [0.29, 0.717) is 50.5 Å². The predicted octanol–water partition coefficient (Wildman–Crippen LogP) is 2.74. The predicted molar refractivity (Wildman–Crippen MR) is 153 cm³/mol. The maximum absolute atomic E-state index is 10.8. The smallest absolute Gasteiger partial charge is 0.239 e. The number of anilines is 1. The van der Waals surface area contributed by atoms with E-state index in [0.717, 1.165) is 59.8 Å². The lowest BCUT2D eigenvalue weighted by atomic mass is 9.83. The maximum Gasteiger partial charge on any atom is 0.239 e. The van der Waals surface area contributed by atoms with Crippen molar-refractivity contribution in [1.29, 1.82) is 0 Å². The zero-order valence-electron chi connectivity index (χ0n) is 23.5. The van der Waals surface area contributed by atoms with Crippen LogP contribution in [0.25, 0.3) is 28.1 Å². The minimum absolute atomic E-state index is 0.302. The Hall–Kier alpha value is -3.38. The largest absolute Gasteiger partial charge is 0.390 e. The number of hydrogen-bond donors (Lipinski definition) is 2. The van der Waals surface area contributed by atoms with E-state index in [4.69, 9.17) is 24.7 Å². The number of aliphatic hydroxyl groups is 2. The van der Waals surface area contributed by atoms with E-state index in [1.54, 1.807) is 0 Å². The monoisotopic (exact) mass is 546 g/mol. The Kier molecular flexibility index (Phi) is 7.07. The number of rotatable bonds is 7. The first-order chi connectivity index (χ1) is 19.2. The lowest BCUT2D eigenvalue weighted by molar-refractivity contribution is -0.0139. The van der Waals surface area contributed by atoms with Gasteiger partial charge in [0.1, 0.15) is 17.8 Å². The van der Waals surface area contributed by atoms with Crippen LogP contribution in [0.4, 0.5) is 5.82 Å². The molecule has 2 fully saturated rings. The molecule has 0 bridgehead atoms. The van der Waals surface area contributed by atoms with Crippen molar-refractivity contribution >= 4 is 28.0 Å². The highest BCUT2D eigenvalue weighted by Crippen LogP contribution is 2.32. The number of morpholine rings is 1. The number of fused-ring (bicyclic) bond motifs is 2. The molecule has 2 N–H and O–H groups in total. The van der Waals surface area contributed by atoms with Gasteiger partial charge in [-0.2, -0.15) is 9.97 Å². The topological polar surface area (TPSA) is 118 Å². The molecule has 212 valence electrons. The summed E-state index contributed by atoms with van der Waals surface area (Å²) in [6.07, 6.45) is 2.40. The number of aryl methyl sites for hydroxylation is 1. The van der Waals surface area contributed by atoms with Crippen LogP contribution < -0.4 is 4.90 Å². The molecule has 4 aromatic rings. The zero-order valence-corrected chi connectivity index (χ0v) is 23.5. The van der Waals surface area contributed by atoms with Crippen LogP contribution in [0.1, 0.15) is 44.4 Å². The highest BCUT2D eigenvalue weighted by Gasteiger charge is 2.31. The second-order valence-electron chi connectivity index (χ2n) is 11.4. The standard InChI is InChI=1S/C29H38N8O3/c1-5-22(38)25-30-20-8-6-7-9-21(20)37(25)28-32-26-24(27(33-28)36-14-16-40-17-15-36)31-23(34(26)4)18-35-12-10-19(11-13-35)29(2,3)39/h5-9,19,22,38-39H,1,10-18H2,2-4H3. The van der Waals surface area contributed by atoms with Gasteiger partial charge in [0, 0.05) is 20.1 Å². The molecule has 11 nitrogen and oxygen atoms in total. The van der Waals surface area contributed by atoms with Crippen molar-refractivity contribution in [2.45, 2.75) is 44.9 Å². The fraction of sp³-hybridized carbons (Fsp3) is 0.517. The van der Waals surface area contributed by atoms with Crippen LogP contribution >= 0.6 is 0 Å². The molecular weight excluding hydrogens is 508 g/mol. The quantitative estimate of drug-likeness (QED) is 0.337. The second-order valence-corrected chi connectivity index (χ2v) is 11.4. The van der Waals surface area contributed by atoms with E-state index < -0.39 is 11.7 Å². The summed E-state index contributed by atoms with van der Waals surface area (Å²) in [4.78, 5) is 24.4. The highest BCUT2D eigenvalue weighted by molar-refractivity contribution is 5.86. The molecular formula is C29H38N8O3. The Morgan fingerprint density at radius 1 is 1.07 bits per heavy atom. The fourth-order valence-corrected chi connectivity index (χ4v) is 5.87. The molecule has 3 aromatic heterocycles. The minimum Gasteiger partial charge on any atom is -0.390 e. The summed E-state index contributed by atoms with van der Waals surface area (Å²) in [6.45, 7) is 12.7. The number of ether oxygens (including phenoxy) is 1. The SMILES string of the molecule is C=CC(O)c1nc2ccccc2n1-c1nc(N2CCOCC2)c2nc(CN3CCC(C(C)(C)O)CC3)n(C)c2n1. The molecule has 0 aliphatic carbocycles. The number of nitrogens with zero attached hydrogens (tertiary/aromatic N) is 8. The molecule has 2 saturated heterocycles. The zero-order chi connectivity index (χ0) is 28.0. The molecule has 1 atom stereocenters. The van der Waals surface area contributed by atoms with Gasteiger partial charge >= 0.3 is 0 Å². The lowest BCUT2D eigenvalue weighted by Gasteiger charge is -2.37. The van der Waals surface area contributed by atoms with E-state index in [1.165, 1.54) is 6.08 Å². The second kappa shape index (κ2) is 10.5. The third-order valence-electron chi connectivity index (χ3n) is 8.32. The summed E-state index contributed by atoms with van der Waals surface area (Å²) in [5.41, 5.74) is 2.38. The number of hydrogen-bond acceptors (Lipinski definition) is 9. The molecule has 1 aromatic carbocycles. The number of benzene rings is 1. The molecule has 40 heavy (non-hydrogen) atoms. The van der Waals surface area contributed by atoms with Crippen LogP contribution in [0, 0.1) is 5.92 Å². The maximum atomic E-state index is 10.8. The van der Waals surface area contributed by atoms with Gasteiger partial charge in [0.05, 0.1) is 36.4 Å². The third-order valence-corrected chi connectivity index (χ3v) is 8.32. The number of imidazole rings is 2. The molecule has 0 radical (unpaired) electrons. The van der Waals surface area contributed by atoms with Crippen molar-refractivity contribution in [3.8, 4) is 5.95 Å². The van der Waals surface area contributed by atoms with Crippen LogP contribution in [-0.4, -0.2) is 89.2 Å². The molecule has 0 saturated carbocycles. The van der Waals surface area contributed by atoms with Gasteiger partial charge in [-0.15, -0.1) is 6.58 Å². The molecule has 5 heterocycles. The van der Waals surface area contributed by atoms with Gasteiger partial charge in [0.15, 0.2) is 17.0 Å². The third kappa shape index (κ3) is 4.87. The normalized spacial score (nSPS) is 18.6. The van der Waals surface area contributed by atoms with E-state index in [-0.39, 0.29) is 0 Å². The average Bonchev–Trinajstić information content (AvgIpc) is 3.50. The fourth-order valence-electron chi connectivity index (χ4n) is 5.87. The van der Waals surface area contributed by atoms with E-state index in [9.17, 15) is 10.2 Å². The Bertz CT molecular complexity index is 1520. The van der Waals surface area contributed by atoms with Gasteiger partial charge in [0.2, 0.25) is 5.95 Å². The lowest BCUT2D eigenvalue weighted by Crippen LogP contribution is -2.41. The number of para-hydroxylation sites is 2. The van der Waals surface area contributed by atoms with Gasteiger partial charge in [0.25, 0.3) is 0 Å². The van der Waals surface area contributed by atoms with E-state index in [1.807, 2.05) is 49.7 Å². The molecule has 0 spiro atoms. The van der Waals surface area contributed by atoms with Crippen molar-refractivity contribution < 1.29 is 14.9 Å². The Balaban J connectivity index is 1.44. The number of piperidine rings is 1. The van der Waals surface area contributed by atoms with E-state index >= 15 is 0 Å². The van der Waals surface area contributed by atoms with Crippen molar-refractivity contribution in [3.63, 3.8) is 0 Å². The molecule has 2 aliphatic heterocycles. The van der Waals surface area contributed by atoms with Gasteiger partial charge in [-0.25, -0.2) is 9.97 Å². The summed E-state index contributed by atoms with van der Waals surface area (Å²) in [6, 6.07) is 7.73. The summed E-state index contributed by atoms with van der Waals surface area (Å²) >= 11 is 0. The molecule has 1 unspecified atom stereocenters. The highest BCUT2D eigenvalue weighted by atomic mass is 16.5. The van der Waals surface area contributed by atoms with E-state index in [2.05, 4.69) is 20.9 Å².